The zero-order chi connectivity index (χ0) is 17.6. The minimum absolute atomic E-state index is 0. The van der Waals surface area contributed by atoms with Gasteiger partial charge in [-0.2, -0.15) is 0 Å². The second-order valence-electron chi connectivity index (χ2n) is 6.82. The van der Waals surface area contributed by atoms with Crippen LogP contribution in [0.25, 0.3) is 0 Å². The molecule has 0 radical (unpaired) electrons. The van der Waals surface area contributed by atoms with Crippen molar-refractivity contribution >= 4 is 35.8 Å². The zero-order valence-electron chi connectivity index (χ0n) is 16.0. The molecule has 3 heterocycles. The fourth-order valence-corrected chi connectivity index (χ4v) is 3.49. The van der Waals surface area contributed by atoms with E-state index >= 15 is 0 Å². The molecule has 146 valence electrons. The molecule has 2 saturated heterocycles. The summed E-state index contributed by atoms with van der Waals surface area (Å²) in [5, 5.41) is 3.47. The fraction of sp³-hybridized carbons (Fsp3) is 0.667. The maximum absolute atomic E-state index is 5.47. The Hall–Kier alpha value is -1.13. The van der Waals surface area contributed by atoms with E-state index in [0.717, 1.165) is 56.9 Å². The molecule has 1 unspecified atom stereocenters. The lowest BCUT2D eigenvalue weighted by Gasteiger charge is -2.32. The number of rotatable bonds is 4. The Morgan fingerprint density at radius 2 is 2.08 bits per heavy atom. The maximum Gasteiger partial charge on any atom is 0.194 e. The molecule has 1 aromatic heterocycles. The molecular formula is C18H31IN6O. The van der Waals surface area contributed by atoms with Gasteiger partial charge in [0, 0.05) is 53.4 Å². The van der Waals surface area contributed by atoms with Crippen LogP contribution in [-0.2, 0) is 11.3 Å². The predicted octanol–water partition coefficient (Wildman–Crippen LogP) is 1.25. The molecule has 2 aliphatic heterocycles. The molecule has 0 aromatic carbocycles. The van der Waals surface area contributed by atoms with Crippen LogP contribution >= 0.6 is 24.0 Å². The number of hydrogen-bond acceptors (Lipinski definition) is 5. The largest absolute Gasteiger partial charge is 0.379 e. The van der Waals surface area contributed by atoms with Crippen LogP contribution in [0.15, 0.2) is 23.2 Å². The van der Waals surface area contributed by atoms with Crippen molar-refractivity contribution in [2.24, 2.45) is 4.99 Å². The molecule has 0 amide bonds. The summed E-state index contributed by atoms with van der Waals surface area (Å²) in [5.74, 6) is 1.94. The van der Waals surface area contributed by atoms with E-state index < -0.39 is 0 Å². The smallest absolute Gasteiger partial charge is 0.194 e. The molecule has 3 rings (SSSR count). The average Bonchev–Trinajstić information content (AvgIpc) is 3.13. The van der Waals surface area contributed by atoms with Crippen molar-refractivity contribution in [2.75, 3.05) is 65.4 Å². The summed E-state index contributed by atoms with van der Waals surface area (Å²) in [7, 11) is 5.87. The van der Waals surface area contributed by atoms with E-state index in [0.29, 0.717) is 12.6 Å². The Kier molecular flexibility index (Phi) is 8.36. The van der Waals surface area contributed by atoms with E-state index in [1.165, 1.54) is 6.42 Å². The van der Waals surface area contributed by atoms with Gasteiger partial charge in [-0.1, -0.05) is 6.07 Å². The third kappa shape index (κ3) is 5.43. The molecular weight excluding hydrogens is 443 g/mol. The van der Waals surface area contributed by atoms with Gasteiger partial charge in [-0.25, -0.2) is 4.98 Å². The number of anilines is 1. The summed E-state index contributed by atoms with van der Waals surface area (Å²) in [4.78, 5) is 16.1. The van der Waals surface area contributed by atoms with Crippen molar-refractivity contribution in [3.8, 4) is 0 Å². The second kappa shape index (κ2) is 10.3. The molecule has 1 atom stereocenters. The minimum atomic E-state index is 0. The SMILES string of the molecule is CN=C(NCc1cccc(N(C)C)n1)N1CCC(N2CCOCC2)C1.I. The van der Waals surface area contributed by atoms with Crippen molar-refractivity contribution in [1.29, 1.82) is 0 Å². The molecule has 0 bridgehead atoms. The number of aromatic nitrogens is 1. The lowest BCUT2D eigenvalue weighted by Crippen LogP contribution is -2.46. The van der Waals surface area contributed by atoms with E-state index in [1.807, 2.05) is 44.2 Å². The summed E-state index contributed by atoms with van der Waals surface area (Å²) in [5.41, 5.74) is 1.02. The van der Waals surface area contributed by atoms with Crippen LogP contribution < -0.4 is 10.2 Å². The highest BCUT2D eigenvalue weighted by atomic mass is 127. The van der Waals surface area contributed by atoms with E-state index in [4.69, 9.17) is 4.74 Å². The first-order valence-electron chi connectivity index (χ1n) is 9.08. The van der Waals surface area contributed by atoms with Gasteiger partial charge in [0.25, 0.3) is 0 Å². The third-order valence-corrected chi connectivity index (χ3v) is 4.91. The van der Waals surface area contributed by atoms with Gasteiger partial charge in [-0.15, -0.1) is 24.0 Å². The van der Waals surface area contributed by atoms with Crippen molar-refractivity contribution in [3.05, 3.63) is 23.9 Å². The Bertz CT molecular complexity index is 591. The number of ether oxygens (including phenoxy) is 1. The van der Waals surface area contributed by atoms with Crippen LogP contribution in [0, 0.1) is 0 Å². The number of halogens is 1. The highest BCUT2D eigenvalue weighted by Gasteiger charge is 2.30. The summed E-state index contributed by atoms with van der Waals surface area (Å²) in [6.07, 6.45) is 1.19. The van der Waals surface area contributed by atoms with Gasteiger partial charge in [-0.3, -0.25) is 9.89 Å². The molecule has 2 fully saturated rings. The van der Waals surface area contributed by atoms with Crippen LogP contribution in [0.3, 0.4) is 0 Å². The summed E-state index contributed by atoms with van der Waals surface area (Å²) >= 11 is 0. The number of morpholine rings is 1. The Morgan fingerprint density at radius 3 is 2.77 bits per heavy atom. The van der Waals surface area contributed by atoms with E-state index in [1.54, 1.807) is 0 Å². The van der Waals surface area contributed by atoms with Gasteiger partial charge in [0.05, 0.1) is 25.5 Å². The molecule has 0 aliphatic carbocycles. The highest BCUT2D eigenvalue weighted by Crippen LogP contribution is 2.17. The first kappa shape index (κ1) is 21.2. The van der Waals surface area contributed by atoms with Crippen LogP contribution in [0.5, 0.6) is 0 Å². The van der Waals surface area contributed by atoms with Crippen LogP contribution in [-0.4, -0.2) is 87.3 Å². The highest BCUT2D eigenvalue weighted by molar-refractivity contribution is 14.0. The zero-order valence-corrected chi connectivity index (χ0v) is 18.3. The Labute approximate surface area is 173 Å². The molecule has 7 nitrogen and oxygen atoms in total. The number of nitrogens with one attached hydrogen (secondary N) is 1. The van der Waals surface area contributed by atoms with Crippen molar-refractivity contribution in [2.45, 2.75) is 19.0 Å². The van der Waals surface area contributed by atoms with Gasteiger partial charge in [0.1, 0.15) is 5.82 Å². The van der Waals surface area contributed by atoms with Gasteiger partial charge < -0.3 is 19.9 Å². The lowest BCUT2D eigenvalue weighted by atomic mass is 10.2. The molecule has 0 spiro atoms. The number of aliphatic imine (C=N–C) groups is 1. The number of likely N-dealkylation sites (tertiary alicyclic amines) is 1. The molecule has 8 heteroatoms. The summed E-state index contributed by atoms with van der Waals surface area (Å²) < 4.78 is 5.47. The minimum Gasteiger partial charge on any atom is -0.379 e. The fourth-order valence-electron chi connectivity index (χ4n) is 3.49. The van der Waals surface area contributed by atoms with Crippen LogP contribution in [0.1, 0.15) is 12.1 Å². The quantitative estimate of drug-likeness (QED) is 0.403. The number of guanidine groups is 1. The lowest BCUT2D eigenvalue weighted by molar-refractivity contribution is 0.0195. The molecule has 0 saturated carbocycles. The number of nitrogens with zero attached hydrogens (tertiary/aromatic N) is 5. The number of hydrogen-bond donors (Lipinski definition) is 1. The van der Waals surface area contributed by atoms with E-state index in [-0.39, 0.29) is 24.0 Å². The van der Waals surface area contributed by atoms with Gasteiger partial charge in [0.15, 0.2) is 5.96 Å². The summed E-state index contributed by atoms with van der Waals surface area (Å²) in [6.45, 7) is 6.58. The topological polar surface area (TPSA) is 56.2 Å². The second-order valence-corrected chi connectivity index (χ2v) is 6.82. The van der Waals surface area contributed by atoms with Gasteiger partial charge >= 0.3 is 0 Å². The number of pyridine rings is 1. The van der Waals surface area contributed by atoms with E-state index in [2.05, 4.69) is 25.1 Å². The predicted molar refractivity (Wildman–Crippen MR) is 117 cm³/mol. The standard InChI is InChI=1S/C18H30N6O.HI/c1-19-18(20-13-15-5-4-6-17(21-15)22(2)3)24-8-7-16(14-24)23-9-11-25-12-10-23;/h4-6,16H,7-14H2,1-3H3,(H,19,20);1H. The Morgan fingerprint density at radius 1 is 1.31 bits per heavy atom. The van der Waals surface area contributed by atoms with Crippen molar-refractivity contribution < 1.29 is 4.74 Å². The Balaban J connectivity index is 0.00000243. The molecule has 1 N–H and O–H groups in total. The van der Waals surface area contributed by atoms with Gasteiger partial charge in [0.2, 0.25) is 0 Å². The van der Waals surface area contributed by atoms with E-state index in [9.17, 15) is 0 Å². The molecule has 26 heavy (non-hydrogen) atoms. The van der Waals surface area contributed by atoms with Crippen LogP contribution in [0.2, 0.25) is 0 Å². The summed E-state index contributed by atoms with van der Waals surface area (Å²) in [6, 6.07) is 6.73. The average molecular weight is 474 g/mol. The molecule has 2 aliphatic rings. The van der Waals surface area contributed by atoms with Crippen molar-refractivity contribution in [1.82, 2.24) is 20.1 Å². The monoisotopic (exact) mass is 474 g/mol. The van der Waals surface area contributed by atoms with Crippen molar-refractivity contribution in [3.63, 3.8) is 0 Å². The van der Waals surface area contributed by atoms with Gasteiger partial charge in [-0.05, 0) is 18.6 Å². The van der Waals surface area contributed by atoms with Crippen LogP contribution in [0.4, 0.5) is 5.82 Å². The first-order chi connectivity index (χ1) is 12.2. The third-order valence-electron chi connectivity index (χ3n) is 4.91. The first-order valence-corrected chi connectivity index (χ1v) is 9.08. The normalized spacial score (nSPS) is 21.4. The maximum atomic E-state index is 5.47. The molecule has 1 aromatic rings.